The summed E-state index contributed by atoms with van der Waals surface area (Å²) in [6.45, 7) is 2.76. The monoisotopic (exact) mass is 373 g/mol. The first-order valence-corrected chi connectivity index (χ1v) is 10.9. The minimum atomic E-state index is -2.46. The van der Waals surface area contributed by atoms with Crippen molar-refractivity contribution in [2.24, 2.45) is 0 Å². The van der Waals surface area contributed by atoms with E-state index in [9.17, 15) is 0 Å². The van der Waals surface area contributed by atoms with Gasteiger partial charge in [0.2, 0.25) is 0 Å². The first-order chi connectivity index (χ1) is 12.6. The van der Waals surface area contributed by atoms with Crippen molar-refractivity contribution >= 4 is 8.80 Å². The summed E-state index contributed by atoms with van der Waals surface area (Å²) in [6, 6.07) is 18.6. The zero-order valence-corrected chi connectivity index (χ0v) is 17.2. The van der Waals surface area contributed by atoms with Crippen LogP contribution in [0.5, 0.6) is 5.75 Å². The third-order valence-corrected chi connectivity index (χ3v) is 7.26. The van der Waals surface area contributed by atoms with Crippen LogP contribution in [0.2, 0.25) is 6.04 Å². The Labute approximate surface area is 158 Å². The zero-order valence-electron chi connectivity index (χ0n) is 16.2. The van der Waals surface area contributed by atoms with E-state index in [0.29, 0.717) is 6.61 Å². The molecule has 0 aliphatic rings. The molecular formula is C21H29O4Si. The summed E-state index contributed by atoms with van der Waals surface area (Å²) in [5, 5.41) is 0. The van der Waals surface area contributed by atoms with Crippen LogP contribution >= 0.6 is 0 Å². The van der Waals surface area contributed by atoms with Crippen LogP contribution in [0.3, 0.4) is 0 Å². The van der Waals surface area contributed by atoms with Gasteiger partial charge >= 0.3 is 8.80 Å². The molecule has 141 valence electrons. The Morgan fingerprint density at radius 1 is 0.923 bits per heavy atom. The highest BCUT2D eigenvalue weighted by Crippen LogP contribution is 2.19. The van der Waals surface area contributed by atoms with Crippen molar-refractivity contribution in [2.45, 2.75) is 32.2 Å². The molecule has 0 bridgehead atoms. The molecular weight excluding hydrogens is 344 g/mol. The predicted octanol–water partition coefficient (Wildman–Crippen LogP) is 4.42. The van der Waals surface area contributed by atoms with Crippen molar-refractivity contribution in [3.05, 3.63) is 65.2 Å². The van der Waals surface area contributed by atoms with E-state index >= 15 is 0 Å². The lowest BCUT2D eigenvalue weighted by Gasteiger charge is -2.24. The van der Waals surface area contributed by atoms with Crippen molar-refractivity contribution in [1.82, 2.24) is 0 Å². The number of rotatable bonds is 11. The van der Waals surface area contributed by atoms with E-state index in [4.69, 9.17) is 18.0 Å². The zero-order chi connectivity index (χ0) is 18.8. The molecule has 0 fully saturated rings. The maximum Gasteiger partial charge on any atom is 0.500 e. The fourth-order valence-electron chi connectivity index (χ4n) is 2.80. The highest BCUT2D eigenvalue weighted by Gasteiger charge is 2.36. The Hall–Kier alpha value is -1.66. The van der Waals surface area contributed by atoms with Crippen molar-refractivity contribution in [1.29, 1.82) is 0 Å². The van der Waals surface area contributed by atoms with Crippen LogP contribution in [0, 0.1) is 13.0 Å². The largest absolute Gasteiger partial charge is 0.500 e. The number of unbranched alkanes of at least 4 members (excludes halogenated alkanes) is 1. The molecule has 0 amide bonds. The average molecular weight is 374 g/mol. The average Bonchev–Trinajstić information content (AvgIpc) is 2.67. The molecule has 0 spiro atoms. The van der Waals surface area contributed by atoms with Gasteiger partial charge in [0.05, 0.1) is 6.61 Å². The van der Waals surface area contributed by atoms with Gasteiger partial charge in [-0.15, -0.1) is 0 Å². The second-order valence-electron chi connectivity index (χ2n) is 6.31. The molecule has 2 aromatic carbocycles. The molecule has 0 aliphatic carbocycles. The molecule has 0 saturated carbocycles. The quantitative estimate of drug-likeness (QED) is 0.431. The standard InChI is InChI=1S/C21H29O4Si/c1-18-10-12-19(13-11-18)16-20-8-7-9-21(17-20)25-14-5-6-15-26(22-2,23-3)24-4/h7,9-13,17H,5-6,14-16H2,1-4H3. The van der Waals surface area contributed by atoms with Gasteiger partial charge in [0, 0.05) is 27.4 Å². The summed E-state index contributed by atoms with van der Waals surface area (Å²) in [5.74, 6) is 0.889. The maximum atomic E-state index is 5.89. The molecule has 4 nitrogen and oxygen atoms in total. The van der Waals surface area contributed by atoms with Gasteiger partial charge in [-0.1, -0.05) is 35.9 Å². The minimum absolute atomic E-state index is 0.662. The molecule has 26 heavy (non-hydrogen) atoms. The Balaban J connectivity index is 1.79. The number of hydrogen-bond donors (Lipinski definition) is 0. The molecule has 2 aromatic rings. The van der Waals surface area contributed by atoms with Crippen LogP contribution in [0.4, 0.5) is 0 Å². The summed E-state index contributed by atoms with van der Waals surface area (Å²) in [4.78, 5) is 0. The van der Waals surface area contributed by atoms with Crippen LogP contribution in [0.1, 0.15) is 29.5 Å². The number of benzene rings is 2. The van der Waals surface area contributed by atoms with Crippen LogP contribution in [-0.4, -0.2) is 36.7 Å². The summed E-state index contributed by atoms with van der Waals surface area (Å²) < 4.78 is 22.2. The van der Waals surface area contributed by atoms with Gasteiger partial charge in [-0.3, -0.25) is 0 Å². The van der Waals surface area contributed by atoms with E-state index < -0.39 is 8.80 Å². The summed E-state index contributed by atoms with van der Waals surface area (Å²) in [6.07, 6.45) is 2.73. The van der Waals surface area contributed by atoms with Gasteiger partial charge in [0.1, 0.15) is 5.75 Å². The molecule has 2 rings (SSSR count). The molecule has 0 heterocycles. The number of ether oxygens (including phenoxy) is 1. The lowest BCUT2D eigenvalue weighted by molar-refractivity contribution is 0.122. The topological polar surface area (TPSA) is 36.9 Å². The molecule has 0 atom stereocenters. The summed E-state index contributed by atoms with van der Waals surface area (Å²) in [5.41, 5.74) is 3.69. The smallest absolute Gasteiger partial charge is 0.494 e. The Kier molecular flexibility index (Phi) is 8.32. The van der Waals surface area contributed by atoms with Crippen LogP contribution in [0.15, 0.2) is 42.5 Å². The van der Waals surface area contributed by atoms with Gasteiger partial charge in [0.25, 0.3) is 0 Å². The van der Waals surface area contributed by atoms with Gasteiger partial charge in [-0.25, -0.2) is 0 Å². The van der Waals surface area contributed by atoms with Crippen molar-refractivity contribution in [3.63, 3.8) is 0 Å². The molecule has 5 heteroatoms. The molecule has 0 N–H and O–H groups in total. The third-order valence-electron chi connectivity index (χ3n) is 4.43. The van der Waals surface area contributed by atoms with Gasteiger partial charge in [-0.05, 0) is 55.5 Å². The molecule has 0 unspecified atom stereocenters. The first-order valence-electron chi connectivity index (χ1n) is 8.95. The molecule has 1 radical (unpaired) electrons. The third kappa shape index (κ3) is 6.25. The van der Waals surface area contributed by atoms with E-state index in [1.54, 1.807) is 21.3 Å². The van der Waals surface area contributed by atoms with E-state index in [-0.39, 0.29) is 0 Å². The summed E-state index contributed by atoms with van der Waals surface area (Å²) >= 11 is 0. The first kappa shape index (κ1) is 20.6. The van der Waals surface area contributed by atoms with Gasteiger partial charge < -0.3 is 18.0 Å². The van der Waals surface area contributed by atoms with Crippen molar-refractivity contribution in [2.75, 3.05) is 27.9 Å². The van der Waals surface area contributed by atoms with Gasteiger partial charge in [0.15, 0.2) is 0 Å². The normalized spacial score (nSPS) is 11.5. The van der Waals surface area contributed by atoms with E-state index in [1.165, 1.54) is 11.1 Å². The summed E-state index contributed by atoms with van der Waals surface area (Å²) in [7, 11) is 2.47. The van der Waals surface area contributed by atoms with E-state index in [1.807, 2.05) is 12.1 Å². The van der Waals surface area contributed by atoms with E-state index in [2.05, 4.69) is 43.3 Å². The molecule has 0 aromatic heterocycles. The minimum Gasteiger partial charge on any atom is -0.494 e. The Morgan fingerprint density at radius 2 is 1.62 bits per heavy atom. The SMILES string of the molecule is CO[Si](CCCCOc1cc[c]c(Cc2ccc(C)cc2)c1)(OC)OC. The fourth-order valence-corrected chi connectivity index (χ4v) is 4.60. The highest BCUT2D eigenvalue weighted by atomic mass is 28.4. The second kappa shape index (κ2) is 10.5. The second-order valence-corrected chi connectivity index (χ2v) is 9.40. The number of hydrogen-bond acceptors (Lipinski definition) is 4. The molecule has 0 aliphatic heterocycles. The lowest BCUT2D eigenvalue weighted by atomic mass is 10.0. The van der Waals surface area contributed by atoms with E-state index in [0.717, 1.165) is 36.6 Å². The van der Waals surface area contributed by atoms with Crippen LogP contribution in [0.25, 0.3) is 0 Å². The Bertz CT molecular complexity index is 645. The Morgan fingerprint density at radius 3 is 2.27 bits per heavy atom. The van der Waals surface area contributed by atoms with Crippen molar-refractivity contribution < 1.29 is 18.0 Å². The highest BCUT2D eigenvalue weighted by molar-refractivity contribution is 6.60. The maximum absolute atomic E-state index is 5.89. The van der Waals surface area contributed by atoms with Crippen LogP contribution < -0.4 is 4.74 Å². The van der Waals surface area contributed by atoms with Gasteiger partial charge in [-0.2, -0.15) is 0 Å². The van der Waals surface area contributed by atoms with Crippen molar-refractivity contribution in [3.8, 4) is 5.75 Å². The fraction of sp³-hybridized carbons (Fsp3) is 0.429. The van der Waals surface area contributed by atoms with Crippen LogP contribution in [-0.2, 0) is 19.7 Å². The lowest BCUT2D eigenvalue weighted by Crippen LogP contribution is -2.42. The molecule has 0 saturated heterocycles. The predicted molar refractivity (Wildman–Crippen MR) is 106 cm³/mol. The number of aryl methyl sites for hydroxylation is 1.